The van der Waals surface area contributed by atoms with Crippen molar-refractivity contribution in [2.45, 2.75) is 70.2 Å². The fourth-order valence-electron chi connectivity index (χ4n) is 7.38. The van der Waals surface area contributed by atoms with Gasteiger partial charge in [0.1, 0.15) is 0 Å². The molecule has 226 valence electrons. The number of carbonyl (C=O) groups excluding carboxylic acids is 2. The second-order valence-electron chi connectivity index (χ2n) is 12.5. The van der Waals surface area contributed by atoms with E-state index >= 15 is 0 Å². The van der Waals surface area contributed by atoms with Gasteiger partial charge in [-0.15, -0.1) is 0 Å². The van der Waals surface area contributed by atoms with Gasteiger partial charge in [-0.05, 0) is 74.9 Å². The number of amides is 2. The summed E-state index contributed by atoms with van der Waals surface area (Å²) < 4.78 is 0. The summed E-state index contributed by atoms with van der Waals surface area (Å²) in [6, 6.07) is 23.3. The van der Waals surface area contributed by atoms with E-state index in [0.29, 0.717) is 53.4 Å². The van der Waals surface area contributed by atoms with Gasteiger partial charge in [0.05, 0.1) is 22.6 Å². The number of rotatable bonds is 7. The number of hydrogen-bond acceptors (Lipinski definition) is 4. The summed E-state index contributed by atoms with van der Waals surface area (Å²) in [5, 5.41) is 4.54. The Morgan fingerprint density at radius 2 is 1.56 bits per heavy atom. The molecule has 3 aliphatic rings. The fourth-order valence-corrected chi connectivity index (χ4v) is 7.68. The molecule has 2 unspecified atom stereocenters. The molecule has 0 aliphatic carbocycles. The molecular formula is C35H40Cl2N4O2. The summed E-state index contributed by atoms with van der Waals surface area (Å²) in [5.41, 5.74) is 5.05. The van der Waals surface area contributed by atoms with E-state index in [1.54, 1.807) is 6.07 Å². The number of halogens is 2. The van der Waals surface area contributed by atoms with Crippen molar-refractivity contribution < 1.29 is 9.59 Å². The van der Waals surface area contributed by atoms with Gasteiger partial charge in [-0.25, -0.2) is 0 Å². The first-order valence-electron chi connectivity index (χ1n) is 15.4. The minimum absolute atomic E-state index is 0.0141. The fraction of sp³-hybridized carbons (Fsp3) is 0.429. The third-order valence-electron chi connectivity index (χ3n) is 9.42. The van der Waals surface area contributed by atoms with Gasteiger partial charge in [-0.2, -0.15) is 0 Å². The maximum absolute atomic E-state index is 13.8. The van der Waals surface area contributed by atoms with Crippen LogP contribution in [-0.2, 0) is 11.3 Å². The van der Waals surface area contributed by atoms with E-state index in [0.717, 1.165) is 36.1 Å². The smallest absolute Gasteiger partial charge is 0.254 e. The van der Waals surface area contributed by atoms with Crippen LogP contribution in [0.4, 0.5) is 0 Å². The average Bonchev–Trinajstić information content (AvgIpc) is 3.22. The van der Waals surface area contributed by atoms with Crippen LogP contribution in [0.2, 0.25) is 10.0 Å². The molecular weight excluding hydrogens is 579 g/mol. The predicted molar refractivity (Wildman–Crippen MR) is 173 cm³/mol. The summed E-state index contributed by atoms with van der Waals surface area (Å²) in [6.07, 6.45) is 4.56. The summed E-state index contributed by atoms with van der Waals surface area (Å²) in [7, 11) is 0. The van der Waals surface area contributed by atoms with Gasteiger partial charge >= 0.3 is 0 Å². The minimum Gasteiger partial charge on any atom is -0.334 e. The Labute approximate surface area is 264 Å². The Morgan fingerprint density at radius 1 is 0.860 bits per heavy atom. The molecule has 3 aromatic rings. The predicted octanol–water partition coefficient (Wildman–Crippen LogP) is 6.42. The maximum atomic E-state index is 13.8. The largest absolute Gasteiger partial charge is 0.334 e. The number of carbonyl (C=O) groups is 2. The van der Waals surface area contributed by atoms with E-state index in [9.17, 15) is 9.59 Å². The summed E-state index contributed by atoms with van der Waals surface area (Å²) in [4.78, 5) is 33.8. The minimum atomic E-state index is -0.309. The van der Waals surface area contributed by atoms with Crippen LogP contribution in [0.15, 0.2) is 66.7 Å². The Kier molecular flexibility index (Phi) is 9.11. The average molecular weight is 620 g/mol. The molecule has 0 spiro atoms. The first-order chi connectivity index (χ1) is 20.7. The van der Waals surface area contributed by atoms with Crippen molar-refractivity contribution in [3.63, 3.8) is 0 Å². The van der Waals surface area contributed by atoms with Crippen molar-refractivity contribution in [1.82, 2.24) is 20.0 Å². The highest BCUT2D eigenvalue weighted by atomic mass is 35.5. The van der Waals surface area contributed by atoms with Gasteiger partial charge < -0.3 is 15.1 Å². The van der Waals surface area contributed by atoms with Crippen molar-refractivity contribution in [1.29, 1.82) is 0 Å². The molecule has 6 nitrogen and oxygen atoms in total. The lowest BCUT2D eigenvalue weighted by atomic mass is 9.96. The highest BCUT2D eigenvalue weighted by molar-refractivity contribution is 6.42. The Bertz CT molecular complexity index is 1450. The van der Waals surface area contributed by atoms with Crippen molar-refractivity contribution in [2.24, 2.45) is 0 Å². The molecule has 3 atom stereocenters. The SMILES string of the molecule is Cc1cc(C)cc(C(=O)N2CCN(C(=O)CNC3CC4CCC(C3)N4Cc3ccccc3)[C@H](c3ccc(Cl)c(Cl)c3)C2)c1. The zero-order valence-corrected chi connectivity index (χ0v) is 26.5. The van der Waals surface area contributed by atoms with Gasteiger partial charge in [0, 0.05) is 49.9 Å². The number of nitrogens with zero attached hydrogens (tertiary/aromatic N) is 3. The van der Waals surface area contributed by atoms with E-state index in [2.05, 4.69) is 46.6 Å². The van der Waals surface area contributed by atoms with Crippen LogP contribution in [-0.4, -0.2) is 70.8 Å². The third kappa shape index (κ3) is 6.78. The van der Waals surface area contributed by atoms with E-state index in [4.69, 9.17) is 23.2 Å². The zero-order chi connectivity index (χ0) is 30.1. The lowest BCUT2D eigenvalue weighted by Crippen LogP contribution is -2.55. The highest BCUT2D eigenvalue weighted by Crippen LogP contribution is 2.37. The van der Waals surface area contributed by atoms with Crippen LogP contribution < -0.4 is 5.32 Å². The molecule has 0 radical (unpaired) electrons. The number of fused-ring (bicyclic) bond motifs is 2. The molecule has 6 rings (SSSR count). The molecule has 3 fully saturated rings. The molecule has 0 saturated carbocycles. The topological polar surface area (TPSA) is 55.9 Å². The molecule has 8 heteroatoms. The van der Waals surface area contributed by atoms with E-state index < -0.39 is 0 Å². The second kappa shape index (κ2) is 13.0. The van der Waals surface area contributed by atoms with Crippen LogP contribution >= 0.6 is 23.2 Å². The molecule has 2 amide bonds. The maximum Gasteiger partial charge on any atom is 0.254 e. The van der Waals surface area contributed by atoms with E-state index in [1.807, 2.05) is 47.9 Å². The van der Waals surface area contributed by atoms with Crippen molar-refractivity contribution in [2.75, 3.05) is 26.2 Å². The number of aryl methyl sites for hydroxylation is 2. The standard InChI is InChI=1S/C35H40Cl2N4O2/c1-23-14-24(2)16-27(15-23)35(43)39-12-13-40(33(22-39)26-8-11-31(36)32(37)17-26)34(42)20-38-28-18-29-9-10-30(19-28)41(29)21-25-6-4-3-5-7-25/h3-8,11,14-17,28-30,33,38H,9-10,12-13,18-22H2,1-2H3/t28?,29?,30?,33-/m0/s1. The molecule has 3 heterocycles. The molecule has 3 aromatic carbocycles. The van der Waals surface area contributed by atoms with Crippen molar-refractivity contribution >= 4 is 35.0 Å². The molecule has 43 heavy (non-hydrogen) atoms. The normalized spacial score (nSPS) is 23.9. The number of hydrogen-bond donors (Lipinski definition) is 1. The van der Waals surface area contributed by atoms with Crippen molar-refractivity contribution in [3.8, 4) is 0 Å². The molecule has 2 bridgehead atoms. The Hall–Kier alpha value is -2.90. The highest BCUT2D eigenvalue weighted by Gasteiger charge is 2.41. The van der Waals surface area contributed by atoms with Crippen LogP contribution in [0, 0.1) is 13.8 Å². The lowest BCUT2D eigenvalue weighted by molar-refractivity contribution is -0.135. The van der Waals surface area contributed by atoms with Gasteiger partial charge in [0.15, 0.2) is 0 Å². The van der Waals surface area contributed by atoms with Gasteiger partial charge in [-0.3, -0.25) is 14.5 Å². The Morgan fingerprint density at radius 3 is 2.23 bits per heavy atom. The van der Waals surface area contributed by atoms with Gasteiger partial charge in [0.2, 0.25) is 5.91 Å². The van der Waals surface area contributed by atoms with Crippen LogP contribution in [0.25, 0.3) is 0 Å². The lowest BCUT2D eigenvalue weighted by Gasteiger charge is -2.43. The first-order valence-corrected chi connectivity index (χ1v) is 16.2. The number of nitrogens with one attached hydrogen (secondary N) is 1. The first kappa shape index (κ1) is 30.1. The number of piperazine rings is 1. The third-order valence-corrected chi connectivity index (χ3v) is 10.2. The van der Waals surface area contributed by atoms with Crippen LogP contribution in [0.3, 0.4) is 0 Å². The van der Waals surface area contributed by atoms with Gasteiger partial charge in [-0.1, -0.05) is 76.8 Å². The van der Waals surface area contributed by atoms with Crippen LogP contribution in [0.1, 0.15) is 64.3 Å². The van der Waals surface area contributed by atoms with E-state index in [1.165, 1.54) is 18.4 Å². The zero-order valence-electron chi connectivity index (χ0n) is 24.9. The molecule has 0 aromatic heterocycles. The monoisotopic (exact) mass is 618 g/mol. The van der Waals surface area contributed by atoms with Crippen LogP contribution in [0.5, 0.6) is 0 Å². The molecule has 3 saturated heterocycles. The quantitative estimate of drug-likeness (QED) is 0.332. The summed E-state index contributed by atoms with van der Waals surface area (Å²) in [5.74, 6) is 0.0356. The molecule has 1 N–H and O–H groups in total. The van der Waals surface area contributed by atoms with E-state index in [-0.39, 0.29) is 24.4 Å². The van der Waals surface area contributed by atoms with Crippen molar-refractivity contribution in [3.05, 3.63) is 105 Å². The number of benzene rings is 3. The summed E-state index contributed by atoms with van der Waals surface area (Å²) >= 11 is 12.7. The second-order valence-corrected chi connectivity index (χ2v) is 13.3. The van der Waals surface area contributed by atoms with Gasteiger partial charge in [0.25, 0.3) is 5.91 Å². The Balaban J connectivity index is 1.12. The molecule has 3 aliphatic heterocycles. The number of piperidine rings is 1. The summed E-state index contributed by atoms with van der Waals surface area (Å²) in [6.45, 7) is 6.64.